The second-order valence-corrected chi connectivity index (χ2v) is 8.55. The lowest BCUT2D eigenvalue weighted by Gasteiger charge is -2.32. The average Bonchev–Trinajstić information content (AvgIpc) is 2.82. The number of hydrogen-bond donors (Lipinski definition) is 2. The molecule has 1 aliphatic heterocycles. The van der Waals surface area contributed by atoms with Gasteiger partial charge in [-0.3, -0.25) is 14.4 Å². The zero-order valence-corrected chi connectivity index (χ0v) is 19.5. The molecule has 1 aliphatic rings. The summed E-state index contributed by atoms with van der Waals surface area (Å²) in [5, 5.41) is 3.06. The first-order valence-electron chi connectivity index (χ1n) is 11.1. The third-order valence-corrected chi connectivity index (χ3v) is 6.16. The number of nitrogens with zero attached hydrogens (tertiary/aromatic N) is 4. The molecule has 2 amide bonds. The number of aryl methyl sites for hydroxylation is 1. The highest BCUT2D eigenvalue weighted by Gasteiger charge is 2.20. The Labute approximate surface area is 197 Å². The van der Waals surface area contributed by atoms with Crippen LogP contribution in [0.1, 0.15) is 26.3 Å². The van der Waals surface area contributed by atoms with Gasteiger partial charge in [0.15, 0.2) is 0 Å². The number of nitrogens with two attached hydrogens (primary N) is 1. The van der Waals surface area contributed by atoms with Crippen LogP contribution in [0.25, 0.3) is 11.1 Å². The molecule has 34 heavy (non-hydrogen) atoms. The predicted octanol–water partition coefficient (Wildman–Crippen LogP) is 1.99. The number of benzene rings is 1. The summed E-state index contributed by atoms with van der Waals surface area (Å²) in [5.41, 5.74) is 8.83. The lowest BCUT2D eigenvalue weighted by Crippen LogP contribution is -2.47. The quantitative estimate of drug-likeness (QED) is 0.602. The molecule has 4 rings (SSSR count). The second-order valence-electron chi connectivity index (χ2n) is 8.55. The van der Waals surface area contributed by atoms with Gasteiger partial charge in [0.25, 0.3) is 11.5 Å². The lowest BCUT2D eigenvalue weighted by atomic mass is 9.97. The Balaban J connectivity index is 1.58. The number of carbonyl (C=O) groups excluding carboxylic acids is 2. The summed E-state index contributed by atoms with van der Waals surface area (Å²) in [6.45, 7) is 4.90. The highest BCUT2D eigenvalue weighted by atomic mass is 16.2. The topological polar surface area (TPSA) is 114 Å². The fourth-order valence-electron chi connectivity index (χ4n) is 4.09. The Morgan fingerprint density at radius 1 is 1.06 bits per heavy atom. The summed E-state index contributed by atoms with van der Waals surface area (Å²) in [6.07, 6.45) is 3.24. The van der Waals surface area contributed by atoms with Crippen LogP contribution in [0.4, 0.5) is 11.5 Å². The Morgan fingerprint density at radius 3 is 2.44 bits per heavy atom. The van der Waals surface area contributed by atoms with Gasteiger partial charge in [-0.15, -0.1) is 0 Å². The molecule has 9 heteroatoms. The van der Waals surface area contributed by atoms with E-state index in [4.69, 9.17) is 5.73 Å². The van der Waals surface area contributed by atoms with Crippen LogP contribution < -0.4 is 16.6 Å². The molecular formula is C25H28N6O3. The van der Waals surface area contributed by atoms with Gasteiger partial charge >= 0.3 is 0 Å². The molecule has 0 atom stereocenters. The van der Waals surface area contributed by atoms with Gasteiger partial charge in [-0.25, -0.2) is 4.98 Å². The zero-order valence-electron chi connectivity index (χ0n) is 19.5. The van der Waals surface area contributed by atoms with Gasteiger partial charge in [0.05, 0.1) is 5.56 Å². The highest BCUT2D eigenvalue weighted by Crippen LogP contribution is 2.27. The van der Waals surface area contributed by atoms with Crippen LogP contribution in [-0.2, 0) is 7.05 Å². The number of rotatable bonds is 5. The first-order valence-corrected chi connectivity index (χ1v) is 11.1. The Bertz CT molecular complexity index is 1290. The Morgan fingerprint density at radius 2 is 1.79 bits per heavy atom. The van der Waals surface area contributed by atoms with Gasteiger partial charge in [0, 0.05) is 56.7 Å². The minimum atomic E-state index is -0.502. The third-order valence-electron chi connectivity index (χ3n) is 6.16. The maximum absolute atomic E-state index is 12.8. The normalized spacial score (nSPS) is 14.1. The van der Waals surface area contributed by atoms with Gasteiger partial charge < -0.3 is 25.4 Å². The van der Waals surface area contributed by atoms with Crippen molar-refractivity contribution in [3.63, 3.8) is 0 Å². The van der Waals surface area contributed by atoms with Crippen molar-refractivity contribution >= 4 is 23.3 Å². The van der Waals surface area contributed by atoms with Crippen LogP contribution in [0.2, 0.25) is 0 Å². The van der Waals surface area contributed by atoms with Crippen molar-refractivity contribution in [2.75, 3.05) is 38.5 Å². The first-order chi connectivity index (χ1) is 16.2. The fraction of sp³-hybridized carbons (Fsp3) is 0.280. The molecule has 0 unspecified atom stereocenters. The highest BCUT2D eigenvalue weighted by molar-refractivity contribution is 5.96. The molecule has 9 nitrogen and oxygen atoms in total. The molecule has 3 heterocycles. The molecule has 0 saturated carbocycles. The number of hydrogen-bond acceptors (Lipinski definition) is 6. The summed E-state index contributed by atoms with van der Waals surface area (Å²) in [4.78, 5) is 45.6. The van der Waals surface area contributed by atoms with Crippen LogP contribution in [0.3, 0.4) is 0 Å². The van der Waals surface area contributed by atoms with Crippen LogP contribution in [0.15, 0.2) is 53.6 Å². The predicted molar refractivity (Wildman–Crippen MR) is 131 cm³/mol. The van der Waals surface area contributed by atoms with Crippen LogP contribution in [0.5, 0.6) is 0 Å². The Hall–Kier alpha value is -3.98. The van der Waals surface area contributed by atoms with E-state index in [2.05, 4.69) is 15.2 Å². The number of nitrogens with one attached hydrogen (secondary N) is 1. The van der Waals surface area contributed by atoms with E-state index < -0.39 is 5.91 Å². The summed E-state index contributed by atoms with van der Waals surface area (Å²) in [7, 11) is 3.70. The Kier molecular flexibility index (Phi) is 6.47. The fourth-order valence-corrected chi connectivity index (χ4v) is 4.09. The van der Waals surface area contributed by atoms with Crippen molar-refractivity contribution in [2.24, 2.45) is 12.8 Å². The van der Waals surface area contributed by atoms with Gasteiger partial charge in [0.2, 0.25) is 5.91 Å². The summed E-state index contributed by atoms with van der Waals surface area (Å²) in [6, 6.07) is 10.4. The molecule has 1 fully saturated rings. The third kappa shape index (κ3) is 4.69. The SMILES string of the molecule is Cc1c(C(N)=O)cccc1-c1cc(Nc2ccc(C(=O)N3CCN(C)CC3)cn2)c(=O)n(C)c1. The smallest absolute Gasteiger partial charge is 0.274 e. The van der Waals surface area contributed by atoms with E-state index in [1.54, 1.807) is 43.6 Å². The van der Waals surface area contributed by atoms with Crippen molar-refractivity contribution < 1.29 is 9.59 Å². The van der Waals surface area contributed by atoms with Crippen LogP contribution in [-0.4, -0.2) is 64.4 Å². The van der Waals surface area contributed by atoms with Gasteiger partial charge in [0.1, 0.15) is 11.5 Å². The number of aromatic nitrogens is 2. The summed E-state index contributed by atoms with van der Waals surface area (Å²) in [5.74, 6) is -0.0976. The van der Waals surface area contributed by atoms with Crippen molar-refractivity contribution in [1.82, 2.24) is 19.4 Å². The monoisotopic (exact) mass is 460 g/mol. The first kappa shape index (κ1) is 23.2. The van der Waals surface area contributed by atoms with Gasteiger partial charge in [-0.1, -0.05) is 12.1 Å². The van der Waals surface area contributed by atoms with E-state index in [0.717, 1.165) is 29.8 Å². The van der Waals surface area contributed by atoms with Crippen molar-refractivity contribution in [3.8, 4) is 11.1 Å². The van der Waals surface area contributed by atoms with E-state index in [-0.39, 0.29) is 11.5 Å². The molecular weight excluding hydrogens is 432 g/mol. The van der Waals surface area contributed by atoms with Crippen molar-refractivity contribution in [2.45, 2.75) is 6.92 Å². The minimum Gasteiger partial charge on any atom is -0.366 e. The van der Waals surface area contributed by atoms with E-state index in [0.29, 0.717) is 35.7 Å². The van der Waals surface area contributed by atoms with Crippen molar-refractivity contribution in [1.29, 1.82) is 0 Å². The van der Waals surface area contributed by atoms with E-state index in [1.807, 2.05) is 24.9 Å². The maximum atomic E-state index is 12.8. The molecule has 1 saturated heterocycles. The van der Waals surface area contributed by atoms with E-state index in [9.17, 15) is 14.4 Å². The standard InChI is InChI=1S/C25H28N6O3/c1-16-19(5-4-6-20(16)23(26)32)18-13-21(25(34)30(3)15-18)28-22-8-7-17(14-27-22)24(33)31-11-9-29(2)10-12-31/h4-8,13-15H,9-12H2,1-3H3,(H2,26,32)(H,27,28). The van der Waals surface area contributed by atoms with Gasteiger partial charge in [-0.05, 0) is 49.4 Å². The number of amides is 2. The summed E-state index contributed by atoms with van der Waals surface area (Å²) < 4.78 is 1.47. The summed E-state index contributed by atoms with van der Waals surface area (Å²) >= 11 is 0. The minimum absolute atomic E-state index is 0.0464. The molecule has 0 aliphatic carbocycles. The number of anilines is 2. The number of piperazine rings is 1. The van der Waals surface area contributed by atoms with E-state index in [1.165, 1.54) is 10.8 Å². The van der Waals surface area contributed by atoms with Crippen LogP contribution >= 0.6 is 0 Å². The largest absolute Gasteiger partial charge is 0.366 e. The van der Waals surface area contributed by atoms with Crippen molar-refractivity contribution in [3.05, 3.63) is 75.8 Å². The van der Waals surface area contributed by atoms with Gasteiger partial charge in [-0.2, -0.15) is 0 Å². The maximum Gasteiger partial charge on any atom is 0.274 e. The molecule has 0 radical (unpaired) electrons. The number of pyridine rings is 2. The molecule has 176 valence electrons. The zero-order chi connectivity index (χ0) is 24.4. The lowest BCUT2D eigenvalue weighted by molar-refractivity contribution is 0.0663. The second kappa shape index (κ2) is 9.48. The molecule has 2 aromatic heterocycles. The molecule has 3 N–H and O–H groups in total. The number of primary amides is 1. The molecule has 0 spiro atoms. The molecule has 1 aromatic carbocycles. The molecule has 0 bridgehead atoms. The molecule has 3 aromatic rings. The van der Waals surface area contributed by atoms with E-state index >= 15 is 0 Å². The average molecular weight is 461 g/mol. The number of likely N-dealkylation sites (N-methyl/N-ethyl adjacent to an activating group) is 1. The van der Waals surface area contributed by atoms with Crippen LogP contribution in [0, 0.1) is 6.92 Å². The number of carbonyl (C=O) groups is 2.